The van der Waals surface area contributed by atoms with Crippen LogP contribution in [0.1, 0.15) is 57.1 Å². The van der Waals surface area contributed by atoms with Gasteiger partial charge in [-0.15, -0.1) is 0 Å². The second-order valence-corrected chi connectivity index (χ2v) is 10.9. The van der Waals surface area contributed by atoms with E-state index in [0.29, 0.717) is 42.9 Å². The van der Waals surface area contributed by atoms with E-state index in [2.05, 4.69) is 51.6 Å². The largest absolute Gasteiger partial charge is 0.456 e. The minimum Gasteiger partial charge on any atom is -0.456 e. The molecule has 0 atom stereocenters. The van der Waals surface area contributed by atoms with Crippen molar-refractivity contribution >= 4 is 34.8 Å². The Kier molecular flexibility index (Phi) is 8.61. The molecule has 1 aromatic heterocycles. The lowest BCUT2D eigenvalue weighted by atomic mass is 10.1. The molecular weight excluding hydrogens is 518 g/mol. The van der Waals surface area contributed by atoms with E-state index in [1.54, 1.807) is 12.1 Å². The van der Waals surface area contributed by atoms with E-state index in [9.17, 15) is 14.4 Å². The molecule has 2 fully saturated rings. The Morgan fingerprint density at radius 3 is 2.24 bits per heavy atom. The summed E-state index contributed by atoms with van der Waals surface area (Å²) in [4.78, 5) is 44.6. The number of rotatable bonds is 9. The van der Waals surface area contributed by atoms with E-state index in [1.807, 2.05) is 30.9 Å². The number of likely N-dealkylation sites (tertiary alicyclic amines) is 1. The van der Waals surface area contributed by atoms with Crippen molar-refractivity contribution in [2.45, 2.75) is 40.0 Å². The first-order valence-corrected chi connectivity index (χ1v) is 14.4. The third-order valence-electron chi connectivity index (χ3n) is 7.89. The Balaban J connectivity index is 1.30. The highest BCUT2D eigenvalue weighted by Gasteiger charge is 2.24. The van der Waals surface area contributed by atoms with Crippen LogP contribution in [0.2, 0.25) is 0 Å². The Hall–Kier alpha value is -4.27. The van der Waals surface area contributed by atoms with E-state index in [0.717, 1.165) is 50.4 Å². The molecule has 0 saturated carbocycles. The molecule has 2 saturated heterocycles. The molecule has 5 rings (SSSR count). The van der Waals surface area contributed by atoms with E-state index < -0.39 is 0 Å². The van der Waals surface area contributed by atoms with Crippen LogP contribution in [0.25, 0.3) is 0 Å². The highest BCUT2D eigenvalue weighted by atomic mass is 16.3. The van der Waals surface area contributed by atoms with Gasteiger partial charge >= 0.3 is 0 Å². The molecule has 9 heteroatoms. The molecule has 9 nitrogen and oxygen atoms in total. The molecule has 3 heterocycles. The van der Waals surface area contributed by atoms with Crippen LogP contribution < -0.4 is 20.4 Å². The molecule has 3 aromatic rings. The third-order valence-corrected chi connectivity index (χ3v) is 7.89. The molecule has 2 aliphatic rings. The normalized spacial score (nSPS) is 15.4. The van der Waals surface area contributed by atoms with Gasteiger partial charge in [0.15, 0.2) is 5.76 Å². The number of anilines is 3. The van der Waals surface area contributed by atoms with Gasteiger partial charge in [-0.05, 0) is 69.5 Å². The van der Waals surface area contributed by atoms with Crippen LogP contribution in [-0.4, -0.2) is 68.4 Å². The van der Waals surface area contributed by atoms with Gasteiger partial charge in [-0.2, -0.15) is 0 Å². The van der Waals surface area contributed by atoms with Crippen LogP contribution in [0, 0.1) is 20.8 Å². The fraction of sp³-hybridized carbons (Fsp3) is 0.406. The van der Waals surface area contributed by atoms with Crippen molar-refractivity contribution in [1.82, 2.24) is 10.2 Å². The maximum Gasteiger partial charge on any atom is 0.291 e. The molecule has 0 bridgehead atoms. The summed E-state index contributed by atoms with van der Waals surface area (Å²) in [5.74, 6) is 0.569. The highest BCUT2D eigenvalue weighted by molar-refractivity contribution is 6.06. The standard InChI is InChI=1S/C32H39N5O4/c1-22-8-4-5-9-27(22)35-16-18-36(19-17-35)28-12-11-25(31(39)33-13-7-15-37-14-6-10-29(37)38)21-26(28)34-32(40)30-23(2)20-24(3)41-30/h4-5,8-9,11-12,20-21H,6-7,10,13-19H2,1-3H3,(H,33,39)(H,34,40). The maximum absolute atomic E-state index is 13.2. The van der Waals surface area contributed by atoms with Gasteiger partial charge in [-0.1, -0.05) is 18.2 Å². The summed E-state index contributed by atoms with van der Waals surface area (Å²) in [7, 11) is 0. The first kappa shape index (κ1) is 28.3. The minimum absolute atomic E-state index is 0.189. The van der Waals surface area contributed by atoms with Gasteiger partial charge in [0.05, 0.1) is 11.4 Å². The predicted octanol–water partition coefficient (Wildman–Crippen LogP) is 4.53. The number of carbonyl (C=O) groups excluding carboxylic acids is 3. The van der Waals surface area contributed by atoms with Crippen molar-refractivity contribution in [1.29, 1.82) is 0 Å². The Morgan fingerprint density at radius 1 is 0.854 bits per heavy atom. The average Bonchev–Trinajstić information content (AvgIpc) is 3.54. The third kappa shape index (κ3) is 6.56. The smallest absolute Gasteiger partial charge is 0.291 e. The SMILES string of the molecule is Cc1cc(C)c(C(=O)Nc2cc(C(=O)NCCCN3CCCC3=O)ccc2N2CCN(c3ccccc3C)CC2)o1. The molecule has 0 radical (unpaired) electrons. The summed E-state index contributed by atoms with van der Waals surface area (Å²) in [6, 6.07) is 15.7. The van der Waals surface area contributed by atoms with Crippen molar-refractivity contribution in [2.24, 2.45) is 0 Å². The van der Waals surface area contributed by atoms with Crippen molar-refractivity contribution in [3.05, 3.63) is 76.7 Å². The number of furan rings is 1. The highest BCUT2D eigenvalue weighted by Crippen LogP contribution is 2.31. The van der Waals surface area contributed by atoms with Crippen LogP contribution in [-0.2, 0) is 4.79 Å². The molecule has 2 N–H and O–H groups in total. The molecule has 41 heavy (non-hydrogen) atoms. The molecule has 2 aliphatic heterocycles. The van der Waals surface area contributed by atoms with Gasteiger partial charge in [0.2, 0.25) is 5.91 Å². The molecule has 0 unspecified atom stereocenters. The van der Waals surface area contributed by atoms with Crippen molar-refractivity contribution in [3.8, 4) is 0 Å². The van der Waals surface area contributed by atoms with Crippen molar-refractivity contribution in [3.63, 3.8) is 0 Å². The van der Waals surface area contributed by atoms with E-state index >= 15 is 0 Å². The number of nitrogens with one attached hydrogen (secondary N) is 2. The van der Waals surface area contributed by atoms with Gasteiger partial charge < -0.3 is 29.8 Å². The number of hydrogen-bond donors (Lipinski definition) is 2. The second-order valence-electron chi connectivity index (χ2n) is 10.9. The predicted molar refractivity (Wildman–Crippen MR) is 161 cm³/mol. The molecular formula is C32H39N5O4. The molecule has 0 aliphatic carbocycles. The zero-order valence-corrected chi connectivity index (χ0v) is 24.2. The zero-order valence-electron chi connectivity index (χ0n) is 24.2. The lowest BCUT2D eigenvalue weighted by Gasteiger charge is -2.38. The first-order valence-electron chi connectivity index (χ1n) is 14.4. The first-order chi connectivity index (χ1) is 19.8. The topological polar surface area (TPSA) is 98.1 Å². The molecule has 0 spiro atoms. The maximum atomic E-state index is 13.2. The zero-order chi connectivity index (χ0) is 28.9. The summed E-state index contributed by atoms with van der Waals surface area (Å²) < 4.78 is 5.66. The number of nitrogens with zero attached hydrogens (tertiary/aromatic N) is 3. The van der Waals surface area contributed by atoms with Gasteiger partial charge in [0.1, 0.15) is 5.76 Å². The van der Waals surface area contributed by atoms with Crippen LogP contribution in [0.15, 0.2) is 52.9 Å². The summed E-state index contributed by atoms with van der Waals surface area (Å²) >= 11 is 0. The lowest BCUT2D eigenvalue weighted by Crippen LogP contribution is -2.47. The summed E-state index contributed by atoms with van der Waals surface area (Å²) in [5.41, 5.74) is 5.16. The number of benzene rings is 2. The fourth-order valence-electron chi connectivity index (χ4n) is 5.72. The number of hydrogen-bond acceptors (Lipinski definition) is 6. The summed E-state index contributed by atoms with van der Waals surface area (Å²) in [6.45, 7) is 10.9. The quantitative estimate of drug-likeness (QED) is 0.376. The monoisotopic (exact) mass is 557 g/mol. The Morgan fingerprint density at radius 2 is 1.59 bits per heavy atom. The van der Waals surface area contributed by atoms with Gasteiger partial charge in [-0.25, -0.2) is 0 Å². The van der Waals surface area contributed by atoms with Gasteiger partial charge in [-0.3, -0.25) is 14.4 Å². The number of piperazine rings is 1. The minimum atomic E-state index is -0.344. The second kappa shape index (κ2) is 12.5. The fourth-order valence-corrected chi connectivity index (χ4v) is 5.72. The molecule has 2 aromatic carbocycles. The summed E-state index contributed by atoms with van der Waals surface area (Å²) in [6.07, 6.45) is 2.22. The number of carbonyl (C=O) groups is 3. The Bertz CT molecular complexity index is 1420. The van der Waals surface area contributed by atoms with Crippen LogP contribution in [0.4, 0.5) is 17.1 Å². The van der Waals surface area contributed by atoms with Crippen LogP contribution in [0.3, 0.4) is 0 Å². The van der Waals surface area contributed by atoms with Crippen LogP contribution >= 0.6 is 0 Å². The molecule has 216 valence electrons. The van der Waals surface area contributed by atoms with Gasteiger partial charge in [0.25, 0.3) is 11.8 Å². The Labute approximate surface area is 241 Å². The van der Waals surface area contributed by atoms with Crippen LogP contribution in [0.5, 0.6) is 0 Å². The van der Waals surface area contributed by atoms with E-state index in [4.69, 9.17) is 4.42 Å². The van der Waals surface area contributed by atoms with Gasteiger partial charge in [0, 0.05) is 69.0 Å². The number of amides is 3. The average molecular weight is 558 g/mol. The summed E-state index contributed by atoms with van der Waals surface area (Å²) in [5, 5.41) is 5.98. The van der Waals surface area contributed by atoms with E-state index in [1.165, 1.54) is 11.3 Å². The van der Waals surface area contributed by atoms with Crippen molar-refractivity contribution in [2.75, 3.05) is 60.9 Å². The van der Waals surface area contributed by atoms with Crippen molar-refractivity contribution < 1.29 is 18.8 Å². The molecule has 3 amide bonds. The lowest BCUT2D eigenvalue weighted by molar-refractivity contribution is -0.127. The number of aryl methyl sites for hydroxylation is 3. The number of para-hydroxylation sites is 1. The van der Waals surface area contributed by atoms with E-state index in [-0.39, 0.29) is 23.5 Å².